The maximum Gasteiger partial charge on any atom is 0.255 e. The molecule has 1 unspecified atom stereocenters. The Kier molecular flexibility index (Phi) is 4.11. The van der Waals surface area contributed by atoms with Crippen molar-refractivity contribution in [1.29, 1.82) is 0 Å². The number of H-pyrrole nitrogens is 1. The Hall–Kier alpha value is -2.34. The van der Waals surface area contributed by atoms with Crippen LogP contribution < -0.4 is 15.8 Å². The molecular formula is C16H20N4O2. The zero-order chi connectivity index (χ0) is 15.5. The SMILES string of the molecule is COc1ccc(-c2[nH]ncc2C(=O)NC(CN)C2CC2)cc1. The standard InChI is InChI=1S/C16H20N4O2/c1-22-12-6-4-11(5-7-12)15-13(9-18-20-15)16(21)19-14(8-17)10-2-3-10/h4-7,9-10,14H,2-3,8,17H2,1H3,(H,18,20)(H,19,21). The molecule has 1 aromatic carbocycles. The number of amides is 1. The van der Waals surface area contributed by atoms with Gasteiger partial charge in [-0.15, -0.1) is 0 Å². The lowest BCUT2D eigenvalue weighted by Gasteiger charge is -2.16. The molecule has 1 aliphatic rings. The van der Waals surface area contributed by atoms with Crippen LogP contribution in [-0.4, -0.2) is 35.8 Å². The summed E-state index contributed by atoms with van der Waals surface area (Å²) in [5, 5.41) is 9.92. The molecule has 0 bridgehead atoms. The second-order valence-corrected chi connectivity index (χ2v) is 5.54. The highest BCUT2D eigenvalue weighted by atomic mass is 16.5. The molecule has 1 saturated carbocycles. The van der Waals surface area contributed by atoms with Gasteiger partial charge in [0, 0.05) is 18.2 Å². The van der Waals surface area contributed by atoms with E-state index in [0.717, 1.165) is 24.2 Å². The fourth-order valence-electron chi connectivity index (χ4n) is 2.55. The number of aromatic nitrogens is 2. The molecule has 1 aromatic heterocycles. The number of rotatable bonds is 6. The third-order valence-corrected chi connectivity index (χ3v) is 4.02. The van der Waals surface area contributed by atoms with Gasteiger partial charge in [-0.3, -0.25) is 9.89 Å². The fourth-order valence-corrected chi connectivity index (χ4v) is 2.55. The number of ether oxygens (including phenoxy) is 1. The van der Waals surface area contributed by atoms with Gasteiger partial charge in [-0.25, -0.2) is 0 Å². The van der Waals surface area contributed by atoms with Crippen LogP contribution in [0.3, 0.4) is 0 Å². The van der Waals surface area contributed by atoms with Crippen LogP contribution in [0.25, 0.3) is 11.3 Å². The number of hydrogen-bond donors (Lipinski definition) is 3. The lowest BCUT2D eigenvalue weighted by molar-refractivity contribution is 0.0934. The number of aromatic amines is 1. The van der Waals surface area contributed by atoms with Gasteiger partial charge >= 0.3 is 0 Å². The summed E-state index contributed by atoms with van der Waals surface area (Å²) in [7, 11) is 1.62. The molecule has 0 radical (unpaired) electrons. The van der Waals surface area contributed by atoms with E-state index in [9.17, 15) is 4.79 Å². The van der Waals surface area contributed by atoms with Crippen LogP contribution >= 0.6 is 0 Å². The molecule has 0 aliphatic heterocycles. The Morgan fingerprint density at radius 3 is 2.77 bits per heavy atom. The van der Waals surface area contributed by atoms with Gasteiger partial charge < -0.3 is 15.8 Å². The summed E-state index contributed by atoms with van der Waals surface area (Å²) in [5.74, 6) is 1.15. The zero-order valence-corrected chi connectivity index (χ0v) is 12.5. The quantitative estimate of drug-likeness (QED) is 0.754. The number of carbonyl (C=O) groups is 1. The monoisotopic (exact) mass is 300 g/mol. The minimum absolute atomic E-state index is 0.0473. The molecule has 1 amide bonds. The van der Waals surface area contributed by atoms with Crippen LogP contribution in [-0.2, 0) is 0 Å². The van der Waals surface area contributed by atoms with Gasteiger partial charge in [-0.1, -0.05) is 0 Å². The molecule has 1 atom stereocenters. The number of nitrogens with one attached hydrogen (secondary N) is 2. The van der Waals surface area contributed by atoms with E-state index in [1.54, 1.807) is 13.3 Å². The lowest BCUT2D eigenvalue weighted by atomic mass is 10.1. The molecule has 4 N–H and O–H groups in total. The molecule has 3 rings (SSSR count). The number of benzene rings is 1. The van der Waals surface area contributed by atoms with E-state index < -0.39 is 0 Å². The van der Waals surface area contributed by atoms with Crippen molar-refractivity contribution in [2.45, 2.75) is 18.9 Å². The number of carbonyl (C=O) groups excluding carboxylic acids is 1. The van der Waals surface area contributed by atoms with Crippen LogP contribution in [0.4, 0.5) is 0 Å². The van der Waals surface area contributed by atoms with Crippen molar-refractivity contribution in [2.24, 2.45) is 11.7 Å². The molecule has 6 nitrogen and oxygen atoms in total. The molecule has 6 heteroatoms. The molecular weight excluding hydrogens is 280 g/mol. The third-order valence-electron chi connectivity index (χ3n) is 4.02. The van der Waals surface area contributed by atoms with Crippen LogP contribution in [0.5, 0.6) is 5.75 Å². The van der Waals surface area contributed by atoms with Crippen LogP contribution in [0.1, 0.15) is 23.2 Å². The smallest absolute Gasteiger partial charge is 0.255 e. The van der Waals surface area contributed by atoms with Crippen molar-refractivity contribution in [2.75, 3.05) is 13.7 Å². The predicted molar refractivity (Wildman–Crippen MR) is 83.6 cm³/mol. The predicted octanol–water partition coefficient (Wildman–Crippen LogP) is 1.55. The van der Waals surface area contributed by atoms with E-state index in [2.05, 4.69) is 15.5 Å². The summed E-state index contributed by atoms with van der Waals surface area (Å²) in [5.41, 5.74) is 7.86. The Balaban J connectivity index is 1.79. The van der Waals surface area contributed by atoms with Crippen molar-refractivity contribution in [3.8, 4) is 17.0 Å². The summed E-state index contributed by atoms with van der Waals surface area (Å²) in [6.07, 6.45) is 3.83. The number of hydrogen-bond acceptors (Lipinski definition) is 4. The highest BCUT2D eigenvalue weighted by molar-refractivity contribution is 5.99. The molecule has 1 heterocycles. The first kappa shape index (κ1) is 14.6. The van der Waals surface area contributed by atoms with E-state index in [0.29, 0.717) is 23.7 Å². The van der Waals surface area contributed by atoms with E-state index in [-0.39, 0.29) is 11.9 Å². The minimum atomic E-state index is -0.137. The van der Waals surface area contributed by atoms with E-state index in [1.807, 2.05) is 24.3 Å². The number of methoxy groups -OCH3 is 1. The van der Waals surface area contributed by atoms with Gasteiger partial charge in [0.05, 0.1) is 24.6 Å². The molecule has 22 heavy (non-hydrogen) atoms. The summed E-state index contributed by atoms with van der Waals surface area (Å²) in [6, 6.07) is 7.54. The van der Waals surface area contributed by atoms with Gasteiger partial charge in [0.1, 0.15) is 5.75 Å². The normalized spacial score (nSPS) is 15.4. The highest BCUT2D eigenvalue weighted by Crippen LogP contribution is 2.32. The van der Waals surface area contributed by atoms with Gasteiger partial charge in [0.25, 0.3) is 5.91 Å². The van der Waals surface area contributed by atoms with Crippen molar-refractivity contribution < 1.29 is 9.53 Å². The first-order valence-electron chi connectivity index (χ1n) is 7.41. The zero-order valence-electron chi connectivity index (χ0n) is 12.5. The van der Waals surface area contributed by atoms with Crippen molar-refractivity contribution in [3.05, 3.63) is 36.0 Å². The van der Waals surface area contributed by atoms with E-state index in [1.165, 1.54) is 0 Å². The largest absolute Gasteiger partial charge is 0.497 e. The molecule has 0 saturated heterocycles. The first-order valence-corrected chi connectivity index (χ1v) is 7.41. The van der Waals surface area contributed by atoms with Gasteiger partial charge in [-0.05, 0) is 43.0 Å². The Labute approximate surface area is 129 Å². The lowest BCUT2D eigenvalue weighted by Crippen LogP contribution is -2.41. The minimum Gasteiger partial charge on any atom is -0.497 e. The summed E-state index contributed by atoms with van der Waals surface area (Å²) in [4.78, 5) is 12.5. The van der Waals surface area contributed by atoms with Crippen molar-refractivity contribution in [1.82, 2.24) is 15.5 Å². The average Bonchev–Trinajstić information content (AvgIpc) is 3.28. The van der Waals surface area contributed by atoms with Crippen LogP contribution in [0, 0.1) is 5.92 Å². The summed E-state index contributed by atoms with van der Waals surface area (Å²) in [6.45, 7) is 0.464. The highest BCUT2D eigenvalue weighted by Gasteiger charge is 2.32. The first-order chi connectivity index (χ1) is 10.7. The van der Waals surface area contributed by atoms with Gasteiger partial charge in [-0.2, -0.15) is 5.10 Å². The Morgan fingerprint density at radius 1 is 1.45 bits per heavy atom. The third kappa shape index (κ3) is 2.96. The van der Waals surface area contributed by atoms with Crippen LogP contribution in [0.2, 0.25) is 0 Å². The molecule has 1 aliphatic carbocycles. The van der Waals surface area contributed by atoms with Gasteiger partial charge in [0.15, 0.2) is 0 Å². The molecule has 0 spiro atoms. The number of nitrogens with zero attached hydrogens (tertiary/aromatic N) is 1. The van der Waals surface area contributed by atoms with Crippen molar-refractivity contribution in [3.63, 3.8) is 0 Å². The van der Waals surface area contributed by atoms with Crippen molar-refractivity contribution >= 4 is 5.91 Å². The molecule has 2 aromatic rings. The maximum absolute atomic E-state index is 12.5. The van der Waals surface area contributed by atoms with Gasteiger partial charge in [0.2, 0.25) is 0 Å². The second kappa shape index (κ2) is 6.19. The van der Waals surface area contributed by atoms with E-state index >= 15 is 0 Å². The maximum atomic E-state index is 12.5. The summed E-state index contributed by atoms with van der Waals surface area (Å²) >= 11 is 0. The van der Waals surface area contributed by atoms with Crippen LogP contribution in [0.15, 0.2) is 30.5 Å². The fraction of sp³-hybridized carbons (Fsp3) is 0.375. The molecule has 116 valence electrons. The Bertz CT molecular complexity index is 646. The van der Waals surface area contributed by atoms with E-state index in [4.69, 9.17) is 10.5 Å². The average molecular weight is 300 g/mol. The topological polar surface area (TPSA) is 93.0 Å². The summed E-state index contributed by atoms with van der Waals surface area (Å²) < 4.78 is 5.15. The number of nitrogens with two attached hydrogens (primary N) is 1. The second-order valence-electron chi connectivity index (χ2n) is 5.54. The Morgan fingerprint density at radius 2 is 2.18 bits per heavy atom. The molecule has 1 fully saturated rings.